The largest absolute Gasteiger partial charge is 0.448 e. The molecule has 0 heterocycles. The van der Waals surface area contributed by atoms with Gasteiger partial charge in [0.1, 0.15) is 6.61 Å². The van der Waals surface area contributed by atoms with E-state index in [1.807, 2.05) is 0 Å². The van der Waals surface area contributed by atoms with Crippen LogP contribution in [0.25, 0.3) is 0 Å². The summed E-state index contributed by atoms with van der Waals surface area (Å²) in [4.78, 5) is 10.8. The Morgan fingerprint density at radius 3 is 2.22 bits per heavy atom. The van der Waals surface area contributed by atoms with Crippen molar-refractivity contribution in [3.63, 3.8) is 0 Å². The second kappa shape index (κ2) is 6.02. The maximum Gasteiger partial charge on any atom is 0.404 e. The molecule has 4 nitrogen and oxygen atoms in total. The lowest BCUT2D eigenvalue weighted by molar-refractivity contribution is 0.185. The molecule has 0 radical (unpaired) electrons. The summed E-state index contributed by atoms with van der Waals surface area (Å²) in [6.45, 7) is 2.91. The molecule has 0 aliphatic carbocycles. The van der Waals surface area contributed by atoms with Crippen LogP contribution in [0.2, 0.25) is 0 Å². The first-order chi connectivity index (χ1) is 8.35. The number of halogens is 1. The van der Waals surface area contributed by atoms with E-state index in [9.17, 15) is 13.2 Å². The number of rotatable bonds is 4. The minimum Gasteiger partial charge on any atom is -0.448 e. The molecular formula is C12H13ClO4S. The number of allylic oxidation sites excluding steroid dienone is 1. The number of hydrogen-bond donors (Lipinski definition) is 0. The molecule has 6 heteroatoms. The van der Waals surface area contributed by atoms with Crippen LogP contribution in [0.15, 0.2) is 45.7 Å². The molecule has 0 spiro atoms. The summed E-state index contributed by atoms with van der Waals surface area (Å²) in [6.07, 6.45) is 0. The van der Waals surface area contributed by atoms with E-state index in [1.165, 1.54) is 12.1 Å². The fourth-order valence-corrected chi connectivity index (χ4v) is 2.96. The number of carbonyl (C=O) groups is 1. The monoisotopic (exact) mass is 288 g/mol. The number of benzene rings is 1. The van der Waals surface area contributed by atoms with E-state index < -0.39 is 15.3 Å². The zero-order chi connectivity index (χ0) is 13.8. The molecule has 0 saturated carbocycles. The molecule has 0 fully saturated rings. The van der Waals surface area contributed by atoms with Gasteiger partial charge in [0.15, 0.2) is 0 Å². The average Bonchev–Trinajstić information content (AvgIpc) is 2.29. The minimum atomic E-state index is -3.65. The first-order valence-electron chi connectivity index (χ1n) is 5.14. The molecule has 0 amide bonds. The number of carbonyl (C=O) groups excluding carboxylic acids is 1. The minimum absolute atomic E-state index is 0.0442. The summed E-state index contributed by atoms with van der Waals surface area (Å²) in [6, 6.07) is 7.95. The van der Waals surface area contributed by atoms with Crippen molar-refractivity contribution in [1.29, 1.82) is 0 Å². The molecule has 0 atom stereocenters. The number of hydrogen-bond acceptors (Lipinski definition) is 4. The Hall–Kier alpha value is -1.33. The molecule has 0 N–H and O–H groups in total. The van der Waals surface area contributed by atoms with Crippen LogP contribution in [-0.2, 0) is 14.6 Å². The van der Waals surface area contributed by atoms with Crippen LogP contribution in [0.4, 0.5) is 4.79 Å². The van der Waals surface area contributed by atoms with Crippen LogP contribution < -0.4 is 0 Å². The van der Waals surface area contributed by atoms with Crippen molar-refractivity contribution >= 4 is 26.9 Å². The quantitative estimate of drug-likeness (QED) is 0.799. The van der Waals surface area contributed by atoms with E-state index in [4.69, 9.17) is 11.6 Å². The van der Waals surface area contributed by atoms with Gasteiger partial charge in [0.25, 0.3) is 0 Å². The molecule has 0 aromatic heterocycles. The normalized spacial score (nSPS) is 10.8. The van der Waals surface area contributed by atoms with Gasteiger partial charge in [-0.1, -0.05) is 23.8 Å². The van der Waals surface area contributed by atoms with Gasteiger partial charge in [-0.3, -0.25) is 0 Å². The van der Waals surface area contributed by atoms with E-state index in [-0.39, 0.29) is 16.4 Å². The van der Waals surface area contributed by atoms with E-state index in [0.717, 1.165) is 0 Å². The molecule has 18 heavy (non-hydrogen) atoms. The highest BCUT2D eigenvalue weighted by Gasteiger charge is 2.22. The smallest absolute Gasteiger partial charge is 0.404 e. The Balaban J connectivity index is 3.16. The van der Waals surface area contributed by atoms with Gasteiger partial charge < -0.3 is 4.74 Å². The lowest BCUT2D eigenvalue weighted by Gasteiger charge is -2.10. The fourth-order valence-electron chi connectivity index (χ4n) is 1.35. The zero-order valence-corrected chi connectivity index (χ0v) is 11.6. The molecule has 1 aromatic rings. The molecular weight excluding hydrogens is 276 g/mol. The molecule has 0 bridgehead atoms. The average molecular weight is 289 g/mol. The van der Waals surface area contributed by atoms with Crippen LogP contribution in [0.5, 0.6) is 0 Å². The predicted octanol–water partition coefficient (Wildman–Crippen LogP) is 3.13. The Bertz CT molecular complexity index is 557. The summed E-state index contributed by atoms with van der Waals surface area (Å²) in [5, 5.41) is 0. The van der Waals surface area contributed by atoms with Gasteiger partial charge in [0.2, 0.25) is 9.84 Å². The molecule has 1 aromatic carbocycles. The van der Waals surface area contributed by atoms with Crippen molar-refractivity contribution in [3.05, 3.63) is 40.8 Å². The van der Waals surface area contributed by atoms with Gasteiger partial charge in [-0.05, 0) is 26.0 Å². The van der Waals surface area contributed by atoms with Crippen molar-refractivity contribution in [2.24, 2.45) is 0 Å². The topological polar surface area (TPSA) is 60.4 Å². The third-order valence-electron chi connectivity index (χ3n) is 2.25. The third-order valence-corrected chi connectivity index (χ3v) is 4.43. The lowest BCUT2D eigenvalue weighted by Crippen LogP contribution is -2.13. The van der Waals surface area contributed by atoms with Gasteiger partial charge in [0.05, 0.1) is 9.80 Å². The summed E-state index contributed by atoms with van der Waals surface area (Å²) in [5.41, 5.74) is -0.478. The highest BCUT2D eigenvalue weighted by molar-refractivity contribution is 7.95. The van der Waals surface area contributed by atoms with E-state index in [0.29, 0.717) is 5.57 Å². The van der Waals surface area contributed by atoms with E-state index in [2.05, 4.69) is 4.74 Å². The number of ether oxygens (including phenoxy) is 1. The van der Waals surface area contributed by atoms with Crippen molar-refractivity contribution in [1.82, 2.24) is 0 Å². The maximum atomic E-state index is 12.3. The third kappa shape index (κ3) is 3.58. The first kappa shape index (κ1) is 14.7. The van der Waals surface area contributed by atoms with Crippen molar-refractivity contribution < 1.29 is 17.9 Å². The Morgan fingerprint density at radius 1 is 1.22 bits per heavy atom. The maximum absolute atomic E-state index is 12.3. The van der Waals surface area contributed by atoms with E-state index >= 15 is 0 Å². The predicted molar refractivity (Wildman–Crippen MR) is 69.2 cm³/mol. The molecule has 0 unspecified atom stereocenters. The van der Waals surface area contributed by atoms with Crippen LogP contribution in [0.1, 0.15) is 13.8 Å². The van der Waals surface area contributed by atoms with Crippen molar-refractivity contribution in [2.75, 3.05) is 6.61 Å². The van der Waals surface area contributed by atoms with E-state index in [1.54, 1.807) is 32.0 Å². The Labute approximate surface area is 111 Å². The fraction of sp³-hybridized carbons (Fsp3) is 0.250. The molecule has 0 aliphatic heterocycles. The highest BCUT2D eigenvalue weighted by atomic mass is 35.5. The Morgan fingerprint density at radius 2 is 1.78 bits per heavy atom. The molecule has 98 valence electrons. The second-order valence-electron chi connectivity index (χ2n) is 3.77. The zero-order valence-electron chi connectivity index (χ0n) is 10.0. The number of sulfone groups is 1. The van der Waals surface area contributed by atoms with Crippen LogP contribution in [0, 0.1) is 0 Å². The second-order valence-corrected chi connectivity index (χ2v) is 6.05. The lowest BCUT2D eigenvalue weighted by atomic mass is 10.3. The van der Waals surface area contributed by atoms with Crippen molar-refractivity contribution in [2.45, 2.75) is 18.7 Å². The van der Waals surface area contributed by atoms with Crippen LogP contribution in [-0.4, -0.2) is 20.5 Å². The Kier molecular flexibility index (Phi) is 4.93. The molecule has 0 aliphatic rings. The molecule has 1 rings (SSSR count). The summed E-state index contributed by atoms with van der Waals surface area (Å²) >= 11 is 5.04. The van der Waals surface area contributed by atoms with Gasteiger partial charge in [-0.25, -0.2) is 13.2 Å². The van der Waals surface area contributed by atoms with Crippen LogP contribution in [0.3, 0.4) is 0 Å². The van der Waals surface area contributed by atoms with Crippen molar-refractivity contribution in [3.8, 4) is 0 Å². The standard InChI is InChI=1S/C12H13ClO4S/c1-9(2)11(8-17-12(13)14)18(15,16)10-6-4-3-5-7-10/h3-7H,8H2,1-2H3. The SMILES string of the molecule is CC(C)=C(COC(=O)Cl)S(=O)(=O)c1ccccc1. The van der Waals surface area contributed by atoms with Gasteiger partial charge in [-0.2, -0.15) is 0 Å². The highest BCUT2D eigenvalue weighted by Crippen LogP contribution is 2.22. The van der Waals surface area contributed by atoms with Gasteiger partial charge >= 0.3 is 5.43 Å². The van der Waals surface area contributed by atoms with Gasteiger partial charge in [-0.15, -0.1) is 0 Å². The summed E-state index contributed by atoms with van der Waals surface area (Å²) in [5.74, 6) is 0. The van der Waals surface area contributed by atoms with Gasteiger partial charge in [0, 0.05) is 11.6 Å². The first-order valence-corrected chi connectivity index (χ1v) is 7.00. The molecule has 0 saturated heterocycles. The van der Waals surface area contributed by atoms with Crippen LogP contribution >= 0.6 is 11.6 Å². The summed E-state index contributed by atoms with van der Waals surface area (Å²) in [7, 11) is -3.65. The summed E-state index contributed by atoms with van der Waals surface area (Å²) < 4.78 is 29.2.